The fourth-order valence-electron chi connectivity index (χ4n) is 2.44. The Morgan fingerprint density at radius 1 is 1.05 bits per heavy atom. The van der Waals surface area contributed by atoms with Gasteiger partial charge in [0.25, 0.3) is 0 Å². The Labute approximate surface area is 124 Å². The minimum absolute atomic E-state index is 0.181. The third-order valence-corrected chi connectivity index (χ3v) is 3.83. The highest BCUT2D eigenvalue weighted by atomic mass is 16.1. The van der Waals surface area contributed by atoms with Gasteiger partial charge < -0.3 is 5.32 Å². The Morgan fingerprint density at radius 2 is 1.75 bits per heavy atom. The van der Waals surface area contributed by atoms with E-state index in [2.05, 4.69) is 19.2 Å². The third kappa shape index (κ3) is 6.74. The van der Waals surface area contributed by atoms with Crippen molar-refractivity contribution in [1.82, 2.24) is 5.32 Å². The van der Waals surface area contributed by atoms with Gasteiger partial charge in [0.05, 0.1) is 0 Å². The maximum absolute atomic E-state index is 12.2. The summed E-state index contributed by atoms with van der Waals surface area (Å²) in [6.45, 7) is 4.98. The smallest absolute Gasteiger partial charge is 0.223 e. The van der Waals surface area contributed by atoms with Crippen molar-refractivity contribution < 1.29 is 4.79 Å². The summed E-state index contributed by atoms with van der Waals surface area (Å²) in [5, 5.41) is 3.06. The van der Waals surface area contributed by atoms with Crippen molar-refractivity contribution in [2.45, 2.75) is 65.3 Å². The van der Waals surface area contributed by atoms with Crippen LogP contribution in [0.2, 0.25) is 0 Å². The fourth-order valence-corrected chi connectivity index (χ4v) is 2.44. The van der Waals surface area contributed by atoms with Crippen molar-refractivity contribution in [3.8, 4) is 0 Å². The first-order chi connectivity index (χ1) is 9.77. The van der Waals surface area contributed by atoms with Gasteiger partial charge >= 0.3 is 0 Å². The van der Waals surface area contributed by atoms with Crippen LogP contribution in [0.1, 0.15) is 64.4 Å². The Morgan fingerprint density at radius 3 is 2.40 bits per heavy atom. The van der Waals surface area contributed by atoms with Crippen LogP contribution in [0.4, 0.5) is 0 Å². The maximum atomic E-state index is 12.2. The van der Waals surface area contributed by atoms with Crippen molar-refractivity contribution in [2.75, 3.05) is 0 Å². The van der Waals surface area contributed by atoms with E-state index < -0.39 is 0 Å². The van der Waals surface area contributed by atoms with Gasteiger partial charge in [-0.3, -0.25) is 4.79 Å². The van der Waals surface area contributed by atoms with E-state index in [1.54, 1.807) is 0 Å². The number of rotatable bonds is 10. The highest BCUT2D eigenvalue weighted by molar-refractivity contribution is 5.78. The van der Waals surface area contributed by atoms with Gasteiger partial charge in [0.15, 0.2) is 0 Å². The predicted molar refractivity (Wildman–Crippen MR) is 85.4 cm³/mol. The lowest BCUT2D eigenvalue weighted by Gasteiger charge is -2.15. The van der Waals surface area contributed by atoms with E-state index in [-0.39, 0.29) is 11.8 Å². The Kier molecular flexibility index (Phi) is 8.77. The molecule has 0 bridgehead atoms. The lowest BCUT2D eigenvalue weighted by Crippen LogP contribution is -2.30. The number of carbonyl (C=O) groups excluding carboxylic acids is 1. The highest BCUT2D eigenvalue weighted by Gasteiger charge is 2.15. The molecule has 0 aliphatic carbocycles. The molecule has 1 rings (SSSR count). The van der Waals surface area contributed by atoms with E-state index in [4.69, 9.17) is 0 Å². The molecule has 0 spiro atoms. The van der Waals surface area contributed by atoms with Crippen LogP contribution in [0.5, 0.6) is 0 Å². The number of benzene rings is 1. The van der Waals surface area contributed by atoms with E-state index in [0.29, 0.717) is 6.54 Å². The summed E-state index contributed by atoms with van der Waals surface area (Å²) in [4.78, 5) is 12.2. The molecule has 20 heavy (non-hydrogen) atoms. The second kappa shape index (κ2) is 10.5. The quantitative estimate of drug-likeness (QED) is 0.617. The number of hydrogen-bond donors (Lipinski definition) is 1. The van der Waals surface area contributed by atoms with E-state index in [0.717, 1.165) is 12.8 Å². The molecule has 0 radical (unpaired) electrons. The molecule has 1 amide bonds. The molecule has 0 aliphatic rings. The normalized spacial score (nSPS) is 12.1. The summed E-state index contributed by atoms with van der Waals surface area (Å²) >= 11 is 0. The second-order valence-corrected chi connectivity index (χ2v) is 5.51. The summed E-state index contributed by atoms with van der Waals surface area (Å²) in [6.07, 6.45) is 8.30. The van der Waals surface area contributed by atoms with Gasteiger partial charge in [-0.15, -0.1) is 0 Å². The lowest BCUT2D eigenvalue weighted by molar-refractivity contribution is -0.125. The van der Waals surface area contributed by atoms with Gasteiger partial charge in [0, 0.05) is 12.5 Å². The molecular formula is C18H29NO. The number of hydrogen-bond acceptors (Lipinski definition) is 1. The third-order valence-electron chi connectivity index (χ3n) is 3.83. The number of carbonyl (C=O) groups is 1. The minimum Gasteiger partial charge on any atom is -0.352 e. The zero-order chi connectivity index (χ0) is 14.6. The predicted octanol–water partition coefficient (Wildman–Crippen LogP) is 4.69. The van der Waals surface area contributed by atoms with Gasteiger partial charge in [-0.25, -0.2) is 0 Å². The first-order valence-electron chi connectivity index (χ1n) is 8.09. The molecule has 0 heterocycles. The lowest BCUT2D eigenvalue weighted by atomic mass is 9.97. The van der Waals surface area contributed by atoms with Crippen LogP contribution in [0, 0.1) is 5.92 Å². The van der Waals surface area contributed by atoms with Gasteiger partial charge in [-0.05, 0) is 18.4 Å². The van der Waals surface area contributed by atoms with Crippen molar-refractivity contribution in [1.29, 1.82) is 0 Å². The molecule has 1 atom stereocenters. The SMILES string of the molecule is CCCCCCCC(CC)C(=O)NCc1ccccc1. The largest absolute Gasteiger partial charge is 0.352 e. The molecule has 0 saturated carbocycles. The van der Waals surface area contributed by atoms with Gasteiger partial charge in [-0.2, -0.15) is 0 Å². The zero-order valence-corrected chi connectivity index (χ0v) is 13.0. The standard InChI is InChI=1S/C18H29NO/c1-3-5-6-7-11-14-17(4-2)18(20)19-15-16-12-9-8-10-13-16/h8-10,12-13,17H,3-7,11,14-15H2,1-2H3,(H,19,20). The maximum Gasteiger partial charge on any atom is 0.223 e. The van der Waals surface area contributed by atoms with Crippen LogP contribution < -0.4 is 5.32 Å². The topological polar surface area (TPSA) is 29.1 Å². The summed E-state index contributed by atoms with van der Waals surface area (Å²) in [5.74, 6) is 0.396. The summed E-state index contributed by atoms with van der Waals surface area (Å²) < 4.78 is 0. The molecule has 0 fully saturated rings. The molecular weight excluding hydrogens is 246 g/mol. The van der Waals surface area contributed by atoms with Crippen LogP contribution in [0.15, 0.2) is 30.3 Å². The van der Waals surface area contributed by atoms with Crippen LogP contribution in [-0.2, 0) is 11.3 Å². The monoisotopic (exact) mass is 275 g/mol. The van der Waals surface area contributed by atoms with Crippen molar-refractivity contribution in [3.05, 3.63) is 35.9 Å². The molecule has 1 aromatic rings. The van der Waals surface area contributed by atoms with E-state index in [9.17, 15) is 4.79 Å². The molecule has 2 nitrogen and oxygen atoms in total. The average molecular weight is 275 g/mol. The molecule has 1 aromatic carbocycles. The number of nitrogens with one attached hydrogen (secondary N) is 1. The Balaban J connectivity index is 2.24. The first kappa shape index (κ1) is 16.7. The molecule has 0 aromatic heterocycles. The fraction of sp³-hybridized carbons (Fsp3) is 0.611. The summed E-state index contributed by atoms with van der Waals surface area (Å²) in [6, 6.07) is 10.1. The molecule has 2 heteroatoms. The molecule has 0 aliphatic heterocycles. The number of amides is 1. The second-order valence-electron chi connectivity index (χ2n) is 5.51. The highest BCUT2D eigenvalue weighted by Crippen LogP contribution is 2.15. The first-order valence-corrected chi connectivity index (χ1v) is 8.09. The average Bonchev–Trinajstić information content (AvgIpc) is 2.49. The molecule has 1 unspecified atom stereocenters. The Bertz CT molecular complexity index is 361. The van der Waals surface area contributed by atoms with E-state index in [1.165, 1.54) is 37.7 Å². The van der Waals surface area contributed by atoms with Crippen molar-refractivity contribution in [2.24, 2.45) is 5.92 Å². The van der Waals surface area contributed by atoms with Crippen LogP contribution in [0.25, 0.3) is 0 Å². The zero-order valence-electron chi connectivity index (χ0n) is 13.0. The Hall–Kier alpha value is -1.31. The van der Waals surface area contributed by atoms with Gasteiger partial charge in [0.2, 0.25) is 5.91 Å². The van der Waals surface area contributed by atoms with Crippen LogP contribution in [0.3, 0.4) is 0 Å². The van der Waals surface area contributed by atoms with Gasteiger partial charge in [-0.1, -0.05) is 76.3 Å². The molecule has 0 saturated heterocycles. The van der Waals surface area contributed by atoms with Crippen LogP contribution in [-0.4, -0.2) is 5.91 Å². The van der Waals surface area contributed by atoms with Gasteiger partial charge in [0.1, 0.15) is 0 Å². The van der Waals surface area contributed by atoms with Crippen molar-refractivity contribution >= 4 is 5.91 Å². The molecule has 1 N–H and O–H groups in total. The summed E-state index contributed by atoms with van der Waals surface area (Å²) in [5.41, 5.74) is 1.17. The van der Waals surface area contributed by atoms with Crippen molar-refractivity contribution in [3.63, 3.8) is 0 Å². The molecule has 112 valence electrons. The van der Waals surface area contributed by atoms with E-state index >= 15 is 0 Å². The summed E-state index contributed by atoms with van der Waals surface area (Å²) in [7, 11) is 0. The minimum atomic E-state index is 0.181. The van der Waals surface area contributed by atoms with Crippen LogP contribution >= 0.6 is 0 Å². The number of unbranched alkanes of at least 4 members (excludes halogenated alkanes) is 4. The van der Waals surface area contributed by atoms with E-state index in [1.807, 2.05) is 30.3 Å².